The van der Waals surface area contributed by atoms with Crippen LogP contribution in [0.5, 0.6) is 17.2 Å². The molecule has 1 heterocycles. The molecule has 1 aliphatic rings. The Hall–Kier alpha value is -2.93. The van der Waals surface area contributed by atoms with Gasteiger partial charge in [-0.1, -0.05) is 38.1 Å². The van der Waals surface area contributed by atoms with Gasteiger partial charge in [0.05, 0.1) is 0 Å². The van der Waals surface area contributed by atoms with Crippen molar-refractivity contribution in [3.8, 4) is 17.2 Å². The van der Waals surface area contributed by atoms with Crippen LogP contribution in [-0.4, -0.2) is 50.9 Å². The molecular formula is C23H32N4O3. The highest BCUT2D eigenvalue weighted by molar-refractivity contribution is 5.79. The molecule has 0 bridgehead atoms. The number of rotatable bonds is 10. The molecule has 0 spiro atoms. The zero-order valence-corrected chi connectivity index (χ0v) is 18.1. The predicted octanol–water partition coefficient (Wildman–Crippen LogP) is 3.00. The van der Waals surface area contributed by atoms with Crippen LogP contribution in [0.4, 0.5) is 0 Å². The predicted molar refractivity (Wildman–Crippen MR) is 119 cm³/mol. The molecule has 0 saturated heterocycles. The largest absolute Gasteiger partial charge is 0.492 e. The molecule has 2 aromatic rings. The minimum absolute atomic E-state index is 0.284. The lowest BCUT2D eigenvalue weighted by Gasteiger charge is -2.19. The van der Waals surface area contributed by atoms with Gasteiger partial charge in [0.2, 0.25) is 6.79 Å². The number of likely N-dealkylation sites (N-methyl/N-ethyl adjacent to an activating group) is 1. The van der Waals surface area contributed by atoms with E-state index < -0.39 is 0 Å². The molecule has 30 heavy (non-hydrogen) atoms. The first-order chi connectivity index (χ1) is 14.7. The van der Waals surface area contributed by atoms with Gasteiger partial charge in [0.25, 0.3) is 0 Å². The van der Waals surface area contributed by atoms with Gasteiger partial charge in [-0.15, -0.1) is 0 Å². The fraction of sp³-hybridized carbons (Fsp3) is 0.435. The van der Waals surface area contributed by atoms with Crippen molar-refractivity contribution in [2.45, 2.75) is 26.9 Å². The summed E-state index contributed by atoms with van der Waals surface area (Å²) in [6.07, 6.45) is 0. The average Bonchev–Trinajstić information content (AvgIpc) is 3.25. The minimum atomic E-state index is 0.284. The van der Waals surface area contributed by atoms with Crippen LogP contribution in [0.3, 0.4) is 0 Å². The number of hydrogen-bond donors (Lipinski definition) is 2. The molecule has 0 fully saturated rings. The number of benzene rings is 2. The number of ether oxygens (including phenoxy) is 3. The Kier molecular flexibility index (Phi) is 8.20. The number of guanidine groups is 1. The molecule has 0 unspecified atom stereocenters. The van der Waals surface area contributed by atoms with Crippen molar-refractivity contribution in [1.82, 2.24) is 15.5 Å². The highest BCUT2D eigenvalue weighted by atomic mass is 16.7. The Labute approximate surface area is 179 Å². The second-order valence-electron chi connectivity index (χ2n) is 6.95. The number of nitrogens with one attached hydrogen (secondary N) is 2. The van der Waals surface area contributed by atoms with Crippen molar-refractivity contribution in [2.75, 3.05) is 40.1 Å². The first-order valence-corrected chi connectivity index (χ1v) is 10.5. The SMILES string of the molecule is CCN(CC)CCOc1ccccc1CNC(=NC)NCc1ccc2c(c1)OCO2. The lowest BCUT2D eigenvalue weighted by atomic mass is 10.2. The molecule has 3 rings (SSSR count). The molecule has 0 aliphatic carbocycles. The van der Waals surface area contributed by atoms with E-state index in [1.54, 1.807) is 7.05 Å². The molecule has 2 aromatic carbocycles. The number of para-hydroxylation sites is 1. The van der Waals surface area contributed by atoms with Gasteiger partial charge in [0.1, 0.15) is 12.4 Å². The van der Waals surface area contributed by atoms with Crippen LogP contribution >= 0.6 is 0 Å². The molecule has 0 atom stereocenters. The highest BCUT2D eigenvalue weighted by Gasteiger charge is 2.13. The normalized spacial score (nSPS) is 12.9. The summed E-state index contributed by atoms with van der Waals surface area (Å²) in [6.45, 7) is 9.56. The second-order valence-corrected chi connectivity index (χ2v) is 6.95. The summed E-state index contributed by atoms with van der Waals surface area (Å²) in [6, 6.07) is 14.1. The molecule has 0 amide bonds. The van der Waals surface area contributed by atoms with Crippen LogP contribution in [0.1, 0.15) is 25.0 Å². The number of nitrogens with zero attached hydrogens (tertiary/aromatic N) is 2. The van der Waals surface area contributed by atoms with Gasteiger partial charge < -0.3 is 29.7 Å². The van der Waals surface area contributed by atoms with Gasteiger partial charge in [-0.3, -0.25) is 4.99 Å². The molecule has 0 radical (unpaired) electrons. The summed E-state index contributed by atoms with van der Waals surface area (Å²) in [5.74, 6) is 3.21. The van der Waals surface area contributed by atoms with Gasteiger partial charge in [-0.2, -0.15) is 0 Å². The fourth-order valence-corrected chi connectivity index (χ4v) is 3.25. The molecule has 7 nitrogen and oxygen atoms in total. The van der Waals surface area contributed by atoms with Crippen LogP contribution in [0.2, 0.25) is 0 Å². The standard InChI is InChI=1S/C23H32N4O3/c1-4-27(5-2)12-13-28-20-9-7-6-8-19(20)16-26-23(24-3)25-15-18-10-11-21-22(14-18)30-17-29-21/h6-11,14H,4-5,12-13,15-17H2,1-3H3,(H2,24,25,26). The smallest absolute Gasteiger partial charge is 0.231 e. The molecule has 0 saturated carbocycles. The third-order valence-corrected chi connectivity index (χ3v) is 5.10. The maximum atomic E-state index is 6.04. The topological polar surface area (TPSA) is 67.4 Å². The van der Waals surface area contributed by atoms with Gasteiger partial charge in [0.15, 0.2) is 17.5 Å². The molecule has 0 aromatic heterocycles. The van der Waals surface area contributed by atoms with Crippen LogP contribution in [-0.2, 0) is 13.1 Å². The summed E-state index contributed by atoms with van der Waals surface area (Å²) < 4.78 is 16.8. The summed E-state index contributed by atoms with van der Waals surface area (Å²) in [7, 11) is 1.77. The summed E-state index contributed by atoms with van der Waals surface area (Å²) in [4.78, 5) is 6.67. The highest BCUT2D eigenvalue weighted by Crippen LogP contribution is 2.32. The van der Waals surface area contributed by atoms with Crippen LogP contribution in [0, 0.1) is 0 Å². The Morgan fingerprint density at radius 1 is 1.03 bits per heavy atom. The first-order valence-electron chi connectivity index (χ1n) is 10.5. The van der Waals surface area contributed by atoms with Crippen molar-refractivity contribution in [2.24, 2.45) is 4.99 Å². The van der Waals surface area contributed by atoms with Gasteiger partial charge in [0, 0.05) is 32.2 Å². The molecule has 162 valence electrons. The van der Waals surface area contributed by atoms with E-state index in [2.05, 4.69) is 40.4 Å². The van der Waals surface area contributed by atoms with E-state index in [1.807, 2.05) is 36.4 Å². The quantitative estimate of drug-likeness (QED) is 0.462. The lowest BCUT2D eigenvalue weighted by Crippen LogP contribution is -2.36. The zero-order chi connectivity index (χ0) is 21.2. The Morgan fingerprint density at radius 3 is 2.60 bits per heavy atom. The van der Waals surface area contributed by atoms with E-state index in [0.717, 1.165) is 54.0 Å². The second kappa shape index (κ2) is 11.3. The number of hydrogen-bond acceptors (Lipinski definition) is 5. The maximum Gasteiger partial charge on any atom is 0.231 e. The number of aliphatic imine (C=N–C) groups is 1. The van der Waals surface area contributed by atoms with Crippen molar-refractivity contribution < 1.29 is 14.2 Å². The zero-order valence-electron chi connectivity index (χ0n) is 18.1. The van der Waals surface area contributed by atoms with Crippen LogP contribution in [0.15, 0.2) is 47.5 Å². The maximum absolute atomic E-state index is 6.04. The Balaban J connectivity index is 1.50. The van der Waals surface area contributed by atoms with Crippen molar-refractivity contribution in [3.05, 3.63) is 53.6 Å². The van der Waals surface area contributed by atoms with E-state index in [4.69, 9.17) is 14.2 Å². The third kappa shape index (κ3) is 6.03. The minimum Gasteiger partial charge on any atom is -0.492 e. The van der Waals surface area contributed by atoms with E-state index in [9.17, 15) is 0 Å². The van der Waals surface area contributed by atoms with Gasteiger partial charge in [-0.25, -0.2) is 0 Å². The molecule has 1 aliphatic heterocycles. The Bertz CT molecular complexity index is 837. The third-order valence-electron chi connectivity index (χ3n) is 5.10. The molecule has 2 N–H and O–H groups in total. The molecule has 7 heteroatoms. The van der Waals surface area contributed by atoms with E-state index in [0.29, 0.717) is 19.7 Å². The fourth-order valence-electron chi connectivity index (χ4n) is 3.25. The first kappa shape index (κ1) is 21.8. The van der Waals surface area contributed by atoms with Gasteiger partial charge >= 0.3 is 0 Å². The summed E-state index contributed by atoms with van der Waals surface area (Å²) in [5.41, 5.74) is 2.20. The number of fused-ring (bicyclic) bond motifs is 1. The van der Waals surface area contributed by atoms with E-state index in [1.165, 1.54) is 0 Å². The lowest BCUT2D eigenvalue weighted by molar-refractivity contribution is 0.174. The summed E-state index contributed by atoms with van der Waals surface area (Å²) >= 11 is 0. The van der Waals surface area contributed by atoms with E-state index in [-0.39, 0.29) is 6.79 Å². The van der Waals surface area contributed by atoms with Crippen molar-refractivity contribution in [3.63, 3.8) is 0 Å². The van der Waals surface area contributed by atoms with Gasteiger partial charge in [-0.05, 0) is 36.9 Å². The average molecular weight is 413 g/mol. The van der Waals surface area contributed by atoms with Crippen molar-refractivity contribution >= 4 is 5.96 Å². The van der Waals surface area contributed by atoms with Crippen LogP contribution < -0.4 is 24.8 Å². The monoisotopic (exact) mass is 412 g/mol. The summed E-state index contributed by atoms with van der Waals surface area (Å²) in [5, 5.41) is 6.70. The molecular weight excluding hydrogens is 380 g/mol. The van der Waals surface area contributed by atoms with Crippen molar-refractivity contribution in [1.29, 1.82) is 0 Å². The van der Waals surface area contributed by atoms with Crippen LogP contribution in [0.25, 0.3) is 0 Å². The van der Waals surface area contributed by atoms with E-state index >= 15 is 0 Å². The Morgan fingerprint density at radius 2 is 1.80 bits per heavy atom.